The molecule has 3 heterocycles. The summed E-state index contributed by atoms with van der Waals surface area (Å²) >= 11 is 1.19. The molecule has 1 saturated heterocycles. The second-order valence-electron chi connectivity index (χ2n) is 7.90. The summed E-state index contributed by atoms with van der Waals surface area (Å²) in [6, 6.07) is 4.75. The van der Waals surface area contributed by atoms with Gasteiger partial charge in [-0.25, -0.2) is 4.98 Å². The minimum atomic E-state index is -0.380. The van der Waals surface area contributed by atoms with Crippen LogP contribution in [0, 0.1) is 13.8 Å². The van der Waals surface area contributed by atoms with Gasteiger partial charge in [0.15, 0.2) is 10.9 Å². The van der Waals surface area contributed by atoms with Gasteiger partial charge in [0.1, 0.15) is 16.7 Å². The molecule has 1 aromatic carbocycles. The molecule has 10 heteroatoms. The van der Waals surface area contributed by atoms with Gasteiger partial charge in [-0.1, -0.05) is 17.4 Å². The number of carbonyl (C=O) groups excluding carboxylic acids is 2. The van der Waals surface area contributed by atoms with Gasteiger partial charge in [-0.15, -0.1) is 0 Å². The molecule has 9 nitrogen and oxygen atoms in total. The van der Waals surface area contributed by atoms with Crippen LogP contribution in [0.1, 0.15) is 46.6 Å². The monoisotopic (exact) mass is 454 g/mol. The molecule has 1 aliphatic heterocycles. The summed E-state index contributed by atoms with van der Waals surface area (Å²) in [5.74, 6) is 0.447. The summed E-state index contributed by atoms with van der Waals surface area (Å²) in [5, 5.41) is 20.8. The van der Waals surface area contributed by atoms with Crippen molar-refractivity contribution in [3.8, 4) is 5.75 Å². The molecule has 1 unspecified atom stereocenters. The lowest BCUT2D eigenvalue weighted by molar-refractivity contribution is -0.133. The number of phenolic OH excluding ortho intramolecular Hbond substituents is 1. The lowest BCUT2D eigenvalue weighted by Gasteiger charge is -2.20. The van der Waals surface area contributed by atoms with Gasteiger partial charge in [-0.3, -0.25) is 14.3 Å². The number of hydrogen-bond acceptors (Lipinski definition) is 7. The number of thiazole rings is 1. The molecule has 3 aromatic rings. The first-order valence-electron chi connectivity index (χ1n) is 10.5. The van der Waals surface area contributed by atoms with E-state index in [-0.39, 0.29) is 23.6 Å². The fourth-order valence-corrected chi connectivity index (χ4v) is 4.40. The number of carbonyl (C=O) groups is 2. The number of hydrogen-bond donors (Lipinski definition) is 3. The lowest BCUT2D eigenvalue weighted by Crippen LogP contribution is -2.34. The van der Waals surface area contributed by atoms with E-state index in [0.29, 0.717) is 27.1 Å². The van der Waals surface area contributed by atoms with Crippen LogP contribution in [-0.4, -0.2) is 49.7 Å². The minimum Gasteiger partial charge on any atom is -0.508 e. The van der Waals surface area contributed by atoms with Crippen LogP contribution in [0.25, 0.3) is 0 Å². The van der Waals surface area contributed by atoms with Crippen molar-refractivity contribution in [2.75, 3.05) is 23.7 Å². The van der Waals surface area contributed by atoms with Crippen molar-refractivity contribution in [2.45, 2.75) is 39.7 Å². The van der Waals surface area contributed by atoms with Gasteiger partial charge < -0.3 is 20.6 Å². The van der Waals surface area contributed by atoms with Crippen molar-refractivity contribution < 1.29 is 14.7 Å². The Bertz CT molecular complexity index is 1150. The van der Waals surface area contributed by atoms with E-state index in [2.05, 4.69) is 20.7 Å². The normalized spacial score (nSPS) is 14.4. The summed E-state index contributed by atoms with van der Waals surface area (Å²) in [5.41, 5.74) is 2.07. The highest BCUT2D eigenvalue weighted by atomic mass is 32.1. The van der Waals surface area contributed by atoms with Crippen molar-refractivity contribution in [2.24, 2.45) is 0 Å². The Labute approximate surface area is 190 Å². The third kappa shape index (κ3) is 4.45. The fourth-order valence-electron chi connectivity index (χ4n) is 3.69. The van der Waals surface area contributed by atoms with E-state index in [4.69, 9.17) is 0 Å². The van der Waals surface area contributed by atoms with Crippen LogP contribution in [-0.2, 0) is 4.79 Å². The number of phenols is 1. The Kier molecular flexibility index (Phi) is 6.13. The molecule has 2 amide bonds. The topological polar surface area (TPSA) is 112 Å². The van der Waals surface area contributed by atoms with Gasteiger partial charge in [-0.05, 0) is 45.2 Å². The predicted molar refractivity (Wildman–Crippen MR) is 124 cm³/mol. The number of aryl methyl sites for hydroxylation is 1. The highest BCUT2D eigenvalue weighted by Gasteiger charge is 2.25. The molecular weight excluding hydrogens is 428 g/mol. The Balaban J connectivity index is 1.41. The van der Waals surface area contributed by atoms with E-state index in [9.17, 15) is 14.7 Å². The molecule has 0 bridgehead atoms. The van der Waals surface area contributed by atoms with Crippen molar-refractivity contribution in [3.05, 3.63) is 46.6 Å². The smallest absolute Gasteiger partial charge is 0.267 e. The van der Waals surface area contributed by atoms with E-state index >= 15 is 0 Å². The highest BCUT2D eigenvalue weighted by Crippen LogP contribution is 2.29. The van der Waals surface area contributed by atoms with Crippen LogP contribution in [0.5, 0.6) is 5.75 Å². The number of anilines is 3. The van der Waals surface area contributed by atoms with Crippen LogP contribution in [0.2, 0.25) is 0 Å². The highest BCUT2D eigenvalue weighted by molar-refractivity contribution is 7.17. The third-order valence-electron chi connectivity index (χ3n) is 5.63. The zero-order chi connectivity index (χ0) is 22.8. The molecule has 168 valence electrons. The van der Waals surface area contributed by atoms with Gasteiger partial charge in [0.25, 0.3) is 5.91 Å². The van der Waals surface area contributed by atoms with Crippen LogP contribution < -0.4 is 10.6 Å². The van der Waals surface area contributed by atoms with Gasteiger partial charge in [0.05, 0.1) is 11.9 Å². The number of nitrogens with one attached hydrogen (secondary N) is 2. The number of benzene rings is 1. The molecule has 0 spiro atoms. The largest absolute Gasteiger partial charge is 0.508 e. The summed E-state index contributed by atoms with van der Waals surface area (Å²) in [6.07, 6.45) is 5.35. The van der Waals surface area contributed by atoms with Gasteiger partial charge in [-0.2, -0.15) is 5.10 Å². The second-order valence-corrected chi connectivity index (χ2v) is 8.93. The van der Waals surface area contributed by atoms with Crippen molar-refractivity contribution in [3.63, 3.8) is 0 Å². The Morgan fingerprint density at radius 1 is 1.19 bits per heavy atom. The molecule has 0 aliphatic carbocycles. The van der Waals surface area contributed by atoms with E-state index in [1.54, 1.807) is 36.0 Å². The number of amides is 2. The fraction of sp³-hybridized carbons (Fsp3) is 0.364. The molecule has 3 N–H and O–H groups in total. The van der Waals surface area contributed by atoms with Crippen LogP contribution in [0.3, 0.4) is 0 Å². The second kappa shape index (κ2) is 8.99. The summed E-state index contributed by atoms with van der Waals surface area (Å²) in [7, 11) is 0. The summed E-state index contributed by atoms with van der Waals surface area (Å²) in [6.45, 7) is 7.08. The van der Waals surface area contributed by atoms with Gasteiger partial charge >= 0.3 is 0 Å². The molecule has 1 fully saturated rings. The molecule has 2 aromatic heterocycles. The van der Waals surface area contributed by atoms with E-state index in [1.807, 2.05) is 18.7 Å². The predicted octanol–water partition coefficient (Wildman–Crippen LogP) is 3.84. The molecule has 0 radical (unpaired) electrons. The number of aromatic hydroxyl groups is 1. The molecule has 0 saturated carbocycles. The SMILES string of the molecule is Cc1ccc(O)c(C)c1NC(=O)c1cnc(Nc2ccn(C(C)C(=O)N3CCCC3)n2)s1. The molecular formula is C22H26N6O3S. The number of likely N-dealkylation sites (tertiary alicyclic amines) is 1. The Morgan fingerprint density at radius 2 is 1.94 bits per heavy atom. The maximum atomic E-state index is 12.7. The lowest BCUT2D eigenvalue weighted by atomic mass is 10.1. The first-order chi connectivity index (χ1) is 15.3. The average Bonchev–Trinajstić information content (AvgIpc) is 3.55. The molecule has 1 atom stereocenters. The Hall–Kier alpha value is -3.40. The molecule has 4 rings (SSSR count). The third-order valence-corrected chi connectivity index (χ3v) is 6.54. The Morgan fingerprint density at radius 3 is 2.69 bits per heavy atom. The first kappa shape index (κ1) is 21.8. The quantitative estimate of drug-likeness (QED) is 0.522. The molecule has 32 heavy (non-hydrogen) atoms. The average molecular weight is 455 g/mol. The van der Waals surface area contributed by atoms with Crippen LogP contribution >= 0.6 is 11.3 Å². The van der Waals surface area contributed by atoms with Crippen LogP contribution in [0.4, 0.5) is 16.6 Å². The summed E-state index contributed by atoms with van der Waals surface area (Å²) < 4.78 is 1.64. The zero-order valence-corrected chi connectivity index (χ0v) is 19.1. The first-order valence-corrected chi connectivity index (χ1v) is 11.3. The van der Waals surface area contributed by atoms with E-state index in [0.717, 1.165) is 31.5 Å². The number of aromatic nitrogens is 3. The zero-order valence-electron chi connectivity index (χ0n) is 18.3. The number of nitrogens with zero attached hydrogens (tertiary/aromatic N) is 4. The van der Waals surface area contributed by atoms with Crippen molar-refractivity contribution in [1.82, 2.24) is 19.7 Å². The maximum absolute atomic E-state index is 12.7. The summed E-state index contributed by atoms with van der Waals surface area (Å²) in [4.78, 5) is 31.8. The number of rotatable bonds is 6. The van der Waals surface area contributed by atoms with E-state index in [1.165, 1.54) is 17.5 Å². The van der Waals surface area contributed by atoms with Gasteiger partial charge in [0, 0.05) is 30.9 Å². The standard InChI is InChI=1S/C22H26N6O3S/c1-13-6-7-16(29)14(2)19(13)25-20(30)17-12-23-22(32-17)24-18-8-11-28(26-18)15(3)21(31)27-9-4-5-10-27/h6-8,11-12,15,29H,4-5,9-10H2,1-3H3,(H,25,30)(H,23,24,26). The molecule has 1 aliphatic rings. The van der Waals surface area contributed by atoms with E-state index < -0.39 is 0 Å². The van der Waals surface area contributed by atoms with Crippen molar-refractivity contribution >= 4 is 39.8 Å². The maximum Gasteiger partial charge on any atom is 0.267 e. The van der Waals surface area contributed by atoms with Gasteiger partial charge in [0.2, 0.25) is 5.91 Å². The van der Waals surface area contributed by atoms with Crippen molar-refractivity contribution in [1.29, 1.82) is 0 Å². The minimum absolute atomic E-state index is 0.0721. The van der Waals surface area contributed by atoms with Crippen LogP contribution in [0.15, 0.2) is 30.6 Å².